The topological polar surface area (TPSA) is 75.9 Å². The molecule has 5 nitrogen and oxygen atoms in total. The highest BCUT2D eigenvalue weighted by molar-refractivity contribution is 5.48. The molecule has 0 saturated heterocycles. The molecule has 0 bridgehead atoms. The zero-order chi connectivity index (χ0) is 14.4. The molecule has 1 saturated carbocycles. The SMILES string of the molecule is CCCCC(CCC)Nc1cc(NN)nc(C2CC2)n1. The Hall–Kier alpha value is -1.36. The average Bonchev–Trinajstić information content (AvgIpc) is 3.29. The third-order valence-corrected chi connectivity index (χ3v) is 3.73. The lowest BCUT2D eigenvalue weighted by Crippen LogP contribution is -2.21. The van der Waals surface area contributed by atoms with Crippen LogP contribution in [0.5, 0.6) is 0 Å². The van der Waals surface area contributed by atoms with Crippen LogP contribution in [0, 0.1) is 0 Å². The monoisotopic (exact) mass is 277 g/mol. The number of nitrogen functional groups attached to an aromatic ring is 1. The van der Waals surface area contributed by atoms with E-state index in [1.54, 1.807) is 0 Å². The van der Waals surface area contributed by atoms with Crippen LogP contribution < -0.4 is 16.6 Å². The molecule has 2 rings (SSSR count). The Kier molecular flexibility index (Phi) is 5.59. The molecule has 0 spiro atoms. The van der Waals surface area contributed by atoms with Crippen molar-refractivity contribution in [3.63, 3.8) is 0 Å². The molecule has 0 radical (unpaired) electrons. The normalized spacial score (nSPS) is 15.9. The van der Waals surface area contributed by atoms with Gasteiger partial charge in [0.2, 0.25) is 0 Å². The molecule has 1 aliphatic rings. The third kappa shape index (κ3) is 4.34. The smallest absolute Gasteiger partial charge is 0.145 e. The molecule has 0 aromatic carbocycles. The number of unbranched alkanes of at least 4 members (excludes halogenated alkanes) is 1. The summed E-state index contributed by atoms with van der Waals surface area (Å²) in [5, 5.41) is 3.57. The number of nitrogens with one attached hydrogen (secondary N) is 2. The highest BCUT2D eigenvalue weighted by Crippen LogP contribution is 2.38. The van der Waals surface area contributed by atoms with E-state index in [1.165, 1.54) is 44.9 Å². The molecule has 1 aliphatic carbocycles. The van der Waals surface area contributed by atoms with Crippen LogP contribution in [-0.4, -0.2) is 16.0 Å². The van der Waals surface area contributed by atoms with Gasteiger partial charge >= 0.3 is 0 Å². The van der Waals surface area contributed by atoms with Crippen LogP contribution in [-0.2, 0) is 0 Å². The van der Waals surface area contributed by atoms with E-state index in [9.17, 15) is 0 Å². The highest BCUT2D eigenvalue weighted by atomic mass is 15.3. The molecule has 112 valence electrons. The van der Waals surface area contributed by atoms with Crippen LogP contribution in [0.1, 0.15) is 70.5 Å². The molecule has 20 heavy (non-hydrogen) atoms. The number of nitrogens with two attached hydrogens (primary N) is 1. The zero-order valence-electron chi connectivity index (χ0n) is 12.7. The van der Waals surface area contributed by atoms with E-state index in [2.05, 4.69) is 34.6 Å². The van der Waals surface area contributed by atoms with Crippen LogP contribution in [0.4, 0.5) is 11.6 Å². The molecular formula is C15H27N5. The fourth-order valence-corrected chi connectivity index (χ4v) is 2.43. The zero-order valence-corrected chi connectivity index (χ0v) is 12.7. The second-order valence-electron chi connectivity index (χ2n) is 5.69. The molecule has 4 N–H and O–H groups in total. The third-order valence-electron chi connectivity index (χ3n) is 3.73. The van der Waals surface area contributed by atoms with Crippen molar-refractivity contribution in [2.75, 3.05) is 10.7 Å². The van der Waals surface area contributed by atoms with E-state index >= 15 is 0 Å². The van der Waals surface area contributed by atoms with E-state index in [-0.39, 0.29) is 0 Å². The van der Waals surface area contributed by atoms with Crippen LogP contribution in [0.3, 0.4) is 0 Å². The van der Waals surface area contributed by atoms with Gasteiger partial charge in [0.15, 0.2) is 0 Å². The Balaban J connectivity index is 2.06. The number of aromatic nitrogens is 2. The lowest BCUT2D eigenvalue weighted by molar-refractivity contribution is 0.562. The molecule has 0 aliphatic heterocycles. The Labute approximate surface area is 121 Å². The minimum atomic E-state index is 0.493. The van der Waals surface area contributed by atoms with Crippen molar-refractivity contribution < 1.29 is 0 Å². The highest BCUT2D eigenvalue weighted by Gasteiger charge is 2.27. The van der Waals surface area contributed by atoms with Crippen molar-refractivity contribution in [1.29, 1.82) is 0 Å². The van der Waals surface area contributed by atoms with E-state index in [0.29, 0.717) is 17.8 Å². The minimum Gasteiger partial charge on any atom is -0.367 e. The number of hydrogen-bond donors (Lipinski definition) is 3. The molecule has 0 amide bonds. The predicted molar refractivity (Wildman–Crippen MR) is 83.7 cm³/mol. The summed E-state index contributed by atoms with van der Waals surface area (Å²) in [5.41, 5.74) is 2.65. The maximum Gasteiger partial charge on any atom is 0.145 e. The summed E-state index contributed by atoms with van der Waals surface area (Å²) < 4.78 is 0. The number of rotatable bonds is 9. The maximum absolute atomic E-state index is 5.51. The molecular weight excluding hydrogens is 250 g/mol. The summed E-state index contributed by atoms with van der Waals surface area (Å²) in [4.78, 5) is 9.10. The van der Waals surface area contributed by atoms with Crippen LogP contribution in [0.25, 0.3) is 0 Å². The molecule has 5 heteroatoms. The van der Waals surface area contributed by atoms with Crippen molar-refractivity contribution in [1.82, 2.24) is 9.97 Å². The average molecular weight is 277 g/mol. The molecule has 1 aromatic heterocycles. The van der Waals surface area contributed by atoms with Gasteiger partial charge in [-0.2, -0.15) is 0 Å². The largest absolute Gasteiger partial charge is 0.367 e. The van der Waals surface area contributed by atoms with Crippen molar-refractivity contribution >= 4 is 11.6 Å². The van der Waals surface area contributed by atoms with Crippen molar-refractivity contribution in [3.8, 4) is 0 Å². The minimum absolute atomic E-state index is 0.493. The Morgan fingerprint density at radius 1 is 1.20 bits per heavy atom. The van der Waals surface area contributed by atoms with E-state index < -0.39 is 0 Å². The molecule has 1 atom stereocenters. The molecule has 1 heterocycles. The van der Waals surface area contributed by atoms with Crippen LogP contribution >= 0.6 is 0 Å². The number of anilines is 2. The first-order valence-electron chi connectivity index (χ1n) is 7.89. The summed E-state index contributed by atoms with van der Waals surface area (Å²) in [6.07, 6.45) is 8.43. The second kappa shape index (κ2) is 7.43. The number of hydrogen-bond acceptors (Lipinski definition) is 5. The Bertz CT molecular complexity index is 417. The maximum atomic E-state index is 5.51. The van der Waals surface area contributed by atoms with Gasteiger partial charge in [-0.1, -0.05) is 33.1 Å². The van der Waals surface area contributed by atoms with Gasteiger partial charge in [0, 0.05) is 18.0 Å². The summed E-state index contributed by atoms with van der Waals surface area (Å²) in [6, 6.07) is 2.40. The van der Waals surface area contributed by atoms with Gasteiger partial charge in [-0.05, 0) is 25.7 Å². The van der Waals surface area contributed by atoms with Crippen molar-refractivity contribution in [2.45, 2.75) is 70.8 Å². The fourth-order valence-electron chi connectivity index (χ4n) is 2.43. The van der Waals surface area contributed by atoms with Crippen LogP contribution in [0.15, 0.2) is 6.07 Å². The first-order chi connectivity index (χ1) is 9.76. The van der Waals surface area contributed by atoms with Crippen molar-refractivity contribution in [3.05, 3.63) is 11.9 Å². The number of hydrazine groups is 1. The Morgan fingerprint density at radius 2 is 1.95 bits per heavy atom. The lowest BCUT2D eigenvalue weighted by Gasteiger charge is -2.19. The predicted octanol–water partition coefficient (Wildman–Crippen LogP) is 3.41. The fraction of sp³-hybridized carbons (Fsp3) is 0.733. The standard InChI is InChI=1S/C15H27N5/c1-3-5-7-12(6-4-2)17-13-10-14(20-16)19-15(18-13)11-8-9-11/h10-12H,3-9,16H2,1-2H3,(H2,17,18,19,20). The summed E-state index contributed by atoms with van der Waals surface area (Å²) >= 11 is 0. The van der Waals surface area contributed by atoms with Gasteiger partial charge < -0.3 is 10.7 Å². The quantitative estimate of drug-likeness (QED) is 0.476. The summed E-state index contributed by atoms with van der Waals surface area (Å²) in [6.45, 7) is 4.46. The molecule has 1 fully saturated rings. The molecule has 1 aromatic rings. The first kappa shape index (κ1) is 15.0. The molecule has 1 unspecified atom stereocenters. The first-order valence-corrected chi connectivity index (χ1v) is 7.89. The second-order valence-corrected chi connectivity index (χ2v) is 5.69. The van der Waals surface area contributed by atoms with Crippen LogP contribution in [0.2, 0.25) is 0 Å². The van der Waals surface area contributed by atoms with E-state index in [0.717, 1.165) is 11.6 Å². The van der Waals surface area contributed by atoms with E-state index in [1.807, 2.05) is 6.07 Å². The van der Waals surface area contributed by atoms with Gasteiger partial charge in [-0.25, -0.2) is 15.8 Å². The number of nitrogens with zero attached hydrogens (tertiary/aromatic N) is 2. The van der Waals surface area contributed by atoms with E-state index in [4.69, 9.17) is 5.84 Å². The summed E-state index contributed by atoms with van der Waals surface area (Å²) in [5.74, 6) is 8.58. The Morgan fingerprint density at radius 3 is 2.55 bits per heavy atom. The van der Waals surface area contributed by atoms with Gasteiger partial charge in [-0.15, -0.1) is 0 Å². The van der Waals surface area contributed by atoms with Gasteiger partial charge in [0.1, 0.15) is 17.5 Å². The van der Waals surface area contributed by atoms with Crippen molar-refractivity contribution in [2.24, 2.45) is 5.84 Å². The van der Waals surface area contributed by atoms with Gasteiger partial charge in [0.05, 0.1) is 0 Å². The van der Waals surface area contributed by atoms with Gasteiger partial charge in [0.25, 0.3) is 0 Å². The van der Waals surface area contributed by atoms with Gasteiger partial charge in [-0.3, -0.25) is 0 Å². The lowest BCUT2D eigenvalue weighted by atomic mass is 10.1. The summed E-state index contributed by atoms with van der Waals surface area (Å²) in [7, 11) is 0.